The number of carbonyl (C=O) groups is 1. The second-order valence-electron chi connectivity index (χ2n) is 4.47. The average molecular weight is 270 g/mol. The van der Waals surface area contributed by atoms with E-state index in [1.54, 1.807) is 11.3 Å². The minimum atomic E-state index is -0.0821. The summed E-state index contributed by atoms with van der Waals surface area (Å²) in [4.78, 5) is 17.6. The van der Waals surface area contributed by atoms with Gasteiger partial charge in [-0.25, -0.2) is 10.8 Å². The number of nitrogens with one attached hydrogen (secondary N) is 1. The summed E-state index contributed by atoms with van der Waals surface area (Å²) in [5.74, 6) is 4.93. The fourth-order valence-corrected chi connectivity index (χ4v) is 2.36. The second-order valence-corrected chi connectivity index (χ2v) is 5.54. The van der Waals surface area contributed by atoms with Crippen molar-refractivity contribution in [2.75, 3.05) is 13.6 Å². The van der Waals surface area contributed by atoms with E-state index >= 15 is 0 Å². The van der Waals surface area contributed by atoms with Gasteiger partial charge in [0, 0.05) is 18.3 Å². The molecule has 0 saturated heterocycles. The Kier molecular flexibility index (Phi) is 6.85. The van der Waals surface area contributed by atoms with E-state index in [9.17, 15) is 4.79 Å². The molecule has 3 N–H and O–H groups in total. The Hall–Kier alpha value is -0.980. The predicted octanol–water partition coefficient (Wildman–Crippen LogP) is 1.43. The average Bonchev–Trinajstić information content (AvgIpc) is 2.73. The van der Waals surface area contributed by atoms with Crippen LogP contribution in [0.25, 0.3) is 0 Å². The molecule has 1 amide bonds. The van der Waals surface area contributed by atoms with Crippen molar-refractivity contribution in [2.45, 2.75) is 39.2 Å². The molecule has 0 spiro atoms. The fraction of sp³-hybridized carbons (Fsp3) is 0.667. The second kappa shape index (κ2) is 8.18. The quantitative estimate of drug-likeness (QED) is 0.324. The molecule has 0 atom stereocenters. The van der Waals surface area contributed by atoms with Crippen LogP contribution in [0, 0.1) is 6.92 Å². The number of hydrazine groups is 1. The summed E-state index contributed by atoms with van der Waals surface area (Å²) >= 11 is 1.69. The molecule has 6 heteroatoms. The van der Waals surface area contributed by atoms with Gasteiger partial charge in [-0.2, -0.15) is 0 Å². The number of nitrogens with zero attached hydrogens (tertiary/aromatic N) is 2. The highest BCUT2D eigenvalue weighted by molar-refractivity contribution is 7.09. The van der Waals surface area contributed by atoms with Gasteiger partial charge in [-0.3, -0.25) is 10.2 Å². The molecule has 0 aliphatic rings. The summed E-state index contributed by atoms with van der Waals surface area (Å²) in [5, 5.41) is 3.23. The number of hydrogen-bond acceptors (Lipinski definition) is 5. The fourth-order valence-electron chi connectivity index (χ4n) is 1.75. The first-order valence-electron chi connectivity index (χ1n) is 6.21. The van der Waals surface area contributed by atoms with Crippen molar-refractivity contribution >= 4 is 17.2 Å². The summed E-state index contributed by atoms with van der Waals surface area (Å²) < 4.78 is 0. The van der Waals surface area contributed by atoms with E-state index < -0.39 is 0 Å². The van der Waals surface area contributed by atoms with Gasteiger partial charge in [0.05, 0.1) is 10.7 Å². The van der Waals surface area contributed by atoms with E-state index in [0.717, 1.165) is 43.1 Å². The minimum Gasteiger partial charge on any atom is -0.301 e. The molecule has 1 heterocycles. The van der Waals surface area contributed by atoms with Crippen molar-refractivity contribution in [3.8, 4) is 0 Å². The Morgan fingerprint density at radius 1 is 1.50 bits per heavy atom. The van der Waals surface area contributed by atoms with E-state index in [2.05, 4.69) is 27.7 Å². The number of rotatable bonds is 8. The van der Waals surface area contributed by atoms with Gasteiger partial charge in [0.25, 0.3) is 0 Å². The van der Waals surface area contributed by atoms with Gasteiger partial charge in [0.15, 0.2) is 0 Å². The van der Waals surface area contributed by atoms with E-state index in [1.807, 2.05) is 6.92 Å². The molecule has 0 fully saturated rings. The molecule has 18 heavy (non-hydrogen) atoms. The number of nitrogens with two attached hydrogens (primary N) is 1. The maximum absolute atomic E-state index is 10.9. The number of hydrogen-bond donors (Lipinski definition) is 2. The molecule has 102 valence electrons. The van der Waals surface area contributed by atoms with E-state index in [4.69, 9.17) is 5.84 Å². The lowest BCUT2D eigenvalue weighted by Crippen LogP contribution is -2.29. The van der Waals surface area contributed by atoms with Crippen LogP contribution >= 0.6 is 11.3 Å². The molecular weight excluding hydrogens is 248 g/mol. The number of aryl methyl sites for hydroxylation is 1. The van der Waals surface area contributed by atoms with Crippen LogP contribution in [0.2, 0.25) is 0 Å². The van der Waals surface area contributed by atoms with Crippen molar-refractivity contribution in [3.05, 3.63) is 16.1 Å². The third-order valence-electron chi connectivity index (χ3n) is 2.70. The molecule has 0 aromatic carbocycles. The maximum Gasteiger partial charge on any atom is 0.233 e. The summed E-state index contributed by atoms with van der Waals surface area (Å²) in [5.41, 5.74) is 3.28. The molecule has 1 aromatic rings. The number of aromatic nitrogens is 1. The van der Waals surface area contributed by atoms with Gasteiger partial charge >= 0.3 is 0 Å². The van der Waals surface area contributed by atoms with Gasteiger partial charge in [-0.1, -0.05) is 6.42 Å². The van der Waals surface area contributed by atoms with Crippen LogP contribution in [-0.2, 0) is 11.3 Å². The Morgan fingerprint density at radius 2 is 2.28 bits per heavy atom. The third-order valence-corrected chi connectivity index (χ3v) is 3.53. The molecule has 0 aliphatic heterocycles. The molecule has 5 nitrogen and oxygen atoms in total. The van der Waals surface area contributed by atoms with Crippen LogP contribution < -0.4 is 11.3 Å². The van der Waals surface area contributed by atoms with Crippen LogP contribution in [0.3, 0.4) is 0 Å². The molecule has 0 radical (unpaired) electrons. The Balaban J connectivity index is 2.07. The van der Waals surface area contributed by atoms with Crippen molar-refractivity contribution < 1.29 is 4.79 Å². The monoisotopic (exact) mass is 270 g/mol. The summed E-state index contributed by atoms with van der Waals surface area (Å²) in [6.45, 7) is 3.95. The van der Waals surface area contributed by atoms with Crippen LogP contribution in [0.5, 0.6) is 0 Å². The smallest absolute Gasteiger partial charge is 0.233 e. The summed E-state index contributed by atoms with van der Waals surface area (Å²) in [6.07, 6.45) is 3.56. The van der Waals surface area contributed by atoms with E-state index in [1.165, 1.54) is 0 Å². The zero-order valence-corrected chi connectivity index (χ0v) is 11.9. The zero-order valence-electron chi connectivity index (χ0n) is 11.1. The zero-order chi connectivity index (χ0) is 13.4. The highest BCUT2D eigenvalue weighted by atomic mass is 32.1. The first kappa shape index (κ1) is 15.1. The normalized spacial score (nSPS) is 10.9. The van der Waals surface area contributed by atoms with Crippen molar-refractivity contribution in [1.82, 2.24) is 15.3 Å². The molecule has 0 bridgehead atoms. The third kappa shape index (κ3) is 6.09. The highest BCUT2D eigenvalue weighted by Gasteiger charge is 2.04. The number of amides is 1. The molecule has 1 aromatic heterocycles. The Bertz CT molecular complexity index is 367. The van der Waals surface area contributed by atoms with Crippen LogP contribution in [0.15, 0.2) is 5.38 Å². The van der Waals surface area contributed by atoms with Crippen molar-refractivity contribution in [3.63, 3.8) is 0 Å². The molecule has 1 rings (SSSR count). The maximum atomic E-state index is 10.9. The Labute approximate surface area is 112 Å². The van der Waals surface area contributed by atoms with Gasteiger partial charge in [-0.15, -0.1) is 11.3 Å². The highest BCUT2D eigenvalue weighted by Crippen LogP contribution is 2.10. The van der Waals surface area contributed by atoms with Crippen LogP contribution in [0.1, 0.15) is 36.4 Å². The van der Waals surface area contributed by atoms with Crippen LogP contribution in [-0.4, -0.2) is 29.4 Å². The first-order valence-corrected chi connectivity index (χ1v) is 7.08. The molecule has 0 saturated carbocycles. The molecule has 0 aliphatic carbocycles. The topological polar surface area (TPSA) is 71.2 Å². The Morgan fingerprint density at radius 3 is 2.89 bits per heavy atom. The number of thiazole rings is 1. The lowest BCUT2D eigenvalue weighted by molar-refractivity contribution is -0.121. The standard InChI is InChI=1S/C12H22N4OS/c1-10-14-11(9-18-10)8-16(2)7-5-3-4-6-12(17)15-13/h9H,3-8,13H2,1-2H3,(H,15,17). The molecule has 0 unspecified atom stereocenters. The van der Waals surface area contributed by atoms with E-state index in [-0.39, 0.29) is 5.91 Å². The lowest BCUT2D eigenvalue weighted by atomic mass is 10.2. The van der Waals surface area contributed by atoms with Crippen LogP contribution in [0.4, 0.5) is 0 Å². The van der Waals surface area contributed by atoms with E-state index in [0.29, 0.717) is 6.42 Å². The number of unbranched alkanes of at least 4 members (excludes halogenated alkanes) is 2. The lowest BCUT2D eigenvalue weighted by Gasteiger charge is -2.14. The summed E-state index contributed by atoms with van der Waals surface area (Å²) in [7, 11) is 2.10. The number of carbonyl (C=O) groups excluding carboxylic acids is 1. The summed E-state index contributed by atoms with van der Waals surface area (Å²) in [6, 6.07) is 0. The minimum absolute atomic E-state index is 0.0821. The van der Waals surface area contributed by atoms with Gasteiger partial charge in [0.2, 0.25) is 5.91 Å². The van der Waals surface area contributed by atoms with Crippen molar-refractivity contribution in [1.29, 1.82) is 0 Å². The predicted molar refractivity (Wildman–Crippen MR) is 74.0 cm³/mol. The van der Waals surface area contributed by atoms with Gasteiger partial charge in [0.1, 0.15) is 0 Å². The van der Waals surface area contributed by atoms with Gasteiger partial charge < -0.3 is 4.90 Å². The SMILES string of the molecule is Cc1nc(CN(C)CCCCCC(=O)NN)cs1. The largest absolute Gasteiger partial charge is 0.301 e. The van der Waals surface area contributed by atoms with Gasteiger partial charge in [-0.05, 0) is 33.4 Å². The first-order chi connectivity index (χ1) is 8.61. The van der Waals surface area contributed by atoms with Crippen molar-refractivity contribution in [2.24, 2.45) is 5.84 Å². The molecular formula is C12H22N4OS.